The molecule has 0 bridgehead atoms. The van der Waals surface area contributed by atoms with E-state index in [1.54, 1.807) is 13.8 Å². The van der Waals surface area contributed by atoms with Gasteiger partial charge in [0.2, 0.25) is 5.91 Å². The number of ether oxygens (including phenoxy) is 1. The molecule has 0 radical (unpaired) electrons. The number of carbonyl (C=O) groups is 2. The van der Waals surface area contributed by atoms with Crippen molar-refractivity contribution >= 4 is 11.8 Å². The number of likely N-dealkylation sites (tertiary alicyclic amines) is 1. The molecule has 1 aromatic rings. The number of nitrogens with zero attached hydrogens (tertiary/aromatic N) is 3. The molecule has 1 aromatic heterocycles. The summed E-state index contributed by atoms with van der Waals surface area (Å²) >= 11 is 0. The highest BCUT2D eigenvalue weighted by molar-refractivity contribution is 5.96. The molecule has 2 atom stereocenters. The van der Waals surface area contributed by atoms with Gasteiger partial charge in [-0.1, -0.05) is 11.6 Å². The average Bonchev–Trinajstić information content (AvgIpc) is 3.35. The molecule has 2 amide bonds. The second kappa shape index (κ2) is 6.68. The van der Waals surface area contributed by atoms with E-state index in [4.69, 9.17) is 9.26 Å². The van der Waals surface area contributed by atoms with Gasteiger partial charge in [0.15, 0.2) is 0 Å². The minimum absolute atomic E-state index is 0.0115. The Bertz CT molecular complexity index is 690. The van der Waals surface area contributed by atoms with Crippen molar-refractivity contribution in [3.8, 4) is 0 Å². The highest BCUT2D eigenvalue weighted by atomic mass is 16.5. The van der Waals surface area contributed by atoms with E-state index >= 15 is 0 Å². The molecule has 0 unspecified atom stereocenters. The van der Waals surface area contributed by atoms with Crippen LogP contribution in [0.25, 0.3) is 0 Å². The number of aryl methyl sites for hydroxylation is 2. The van der Waals surface area contributed by atoms with Gasteiger partial charge in [-0.05, 0) is 33.1 Å². The predicted octanol–water partition coefficient (Wildman–Crippen LogP) is 1.78. The Balaban J connectivity index is 1.50. The van der Waals surface area contributed by atoms with Crippen LogP contribution in [0.15, 0.2) is 4.52 Å². The lowest BCUT2D eigenvalue weighted by molar-refractivity contribution is -0.143. The Labute approximate surface area is 153 Å². The van der Waals surface area contributed by atoms with Crippen molar-refractivity contribution in [3.05, 3.63) is 17.0 Å². The van der Waals surface area contributed by atoms with Gasteiger partial charge >= 0.3 is 0 Å². The maximum atomic E-state index is 13.1. The highest BCUT2D eigenvalue weighted by Gasteiger charge is 2.52. The maximum absolute atomic E-state index is 13.1. The summed E-state index contributed by atoms with van der Waals surface area (Å²) in [4.78, 5) is 30.0. The zero-order chi connectivity index (χ0) is 18.3. The summed E-state index contributed by atoms with van der Waals surface area (Å²) in [5, 5.41) is 3.91. The van der Waals surface area contributed by atoms with Gasteiger partial charge in [0, 0.05) is 37.5 Å². The van der Waals surface area contributed by atoms with Gasteiger partial charge in [-0.25, -0.2) is 0 Å². The summed E-state index contributed by atoms with van der Waals surface area (Å²) in [6, 6.07) is 0. The summed E-state index contributed by atoms with van der Waals surface area (Å²) in [6.45, 7) is 7.58. The van der Waals surface area contributed by atoms with E-state index < -0.39 is 0 Å². The SMILES string of the molecule is Cc1noc(C)c1C(=O)N1CC[C@]2(CCC[C@@H]2C(=O)N2CCOCC2)C1. The molecule has 3 heterocycles. The van der Waals surface area contributed by atoms with E-state index in [1.807, 2.05) is 9.80 Å². The van der Waals surface area contributed by atoms with Crippen LogP contribution in [-0.4, -0.2) is 66.2 Å². The van der Waals surface area contributed by atoms with Crippen molar-refractivity contribution in [2.75, 3.05) is 39.4 Å². The van der Waals surface area contributed by atoms with E-state index in [1.165, 1.54) is 0 Å². The summed E-state index contributed by atoms with van der Waals surface area (Å²) < 4.78 is 10.5. The smallest absolute Gasteiger partial charge is 0.259 e. The van der Waals surface area contributed by atoms with Crippen molar-refractivity contribution < 1.29 is 18.8 Å². The van der Waals surface area contributed by atoms with Crippen molar-refractivity contribution in [3.63, 3.8) is 0 Å². The fraction of sp³-hybridized carbons (Fsp3) is 0.737. The second-order valence-corrected chi connectivity index (χ2v) is 7.92. The molecule has 1 aliphatic carbocycles. The number of carbonyl (C=O) groups excluding carboxylic acids is 2. The van der Waals surface area contributed by atoms with E-state index in [-0.39, 0.29) is 23.1 Å². The van der Waals surface area contributed by atoms with Gasteiger partial charge in [-0.15, -0.1) is 0 Å². The maximum Gasteiger partial charge on any atom is 0.259 e. The zero-order valence-electron chi connectivity index (χ0n) is 15.6. The van der Waals surface area contributed by atoms with Gasteiger partial charge in [-0.2, -0.15) is 0 Å². The summed E-state index contributed by atoms with van der Waals surface area (Å²) in [7, 11) is 0. The monoisotopic (exact) mass is 361 g/mol. The third kappa shape index (κ3) is 2.82. The number of aromatic nitrogens is 1. The van der Waals surface area contributed by atoms with Crippen LogP contribution in [0.2, 0.25) is 0 Å². The highest BCUT2D eigenvalue weighted by Crippen LogP contribution is 2.50. The van der Waals surface area contributed by atoms with Crippen molar-refractivity contribution in [1.82, 2.24) is 15.0 Å². The summed E-state index contributed by atoms with van der Waals surface area (Å²) in [5.41, 5.74) is 1.15. The van der Waals surface area contributed by atoms with Crippen molar-refractivity contribution in [2.45, 2.75) is 39.5 Å². The van der Waals surface area contributed by atoms with Crippen LogP contribution >= 0.6 is 0 Å². The van der Waals surface area contributed by atoms with Gasteiger partial charge in [0.1, 0.15) is 11.3 Å². The van der Waals surface area contributed by atoms with Crippen LogP contribution in [0, 0.1) is 25.2 Å². The fourth-order valence-corrected chi connectivity index (χ4v) is 5.03. The number of morpholine rings is 1. The third-order valence-electron chi connectivity index (χ3n) is 6.45. The lowest BCUT2D eigenvalue weighted by Crippen LogP contribution is -2.47. The number of hydrogen-bond donors (Lipinski definition) is 0. The predicted molar refractivity (Wildman–Crippen MR) is 93.7 cm³/mol. The Morgan fingerprint density at radius 3 is 2.58 bits per heavy atom. The molecule has 0 N–H and O–H groups in total. The Morgan fingerprint density at radius 1 is 1.12 bits per heavy atom. The molecule has 3 fully saturated rings. The number of hydrogen-bond acceptors (Lipinski definition) is 5. The summed E-state index contributed by atoms with van der Waals surface area (Å²) in [5.74, 6) is 0.851. The van der Waals surface area contributed by atoms with Crippen LogP contribution in [-0.2, 0) is 9.53 Å². The lowest BCUT2D eigenvalue weighted by atomic mass is 9.76. The van der Waals surface area contributed by atoms with Crippen LogP contribution in [0.4, 0.5) is 0 Å². The molecular weight excluding hydrogens is 334 g/mol. The largest absolute Gasteiger partial charge is 0.378 e. The molecule has 142 valence electrons. The lowest BCUT2D eigenvalue weighted by Gasteiger charge is -2.36. The van der Waals surface area contributed by atoms with Crippen LogP contribution in [0.5, 0.6) is 0 Å². The Morgan fingerprint density at radius 2 is 1.88 bits per heavy atom. The molecule has 7 heteroatoms. The van der Waals surface area contributed by atoms with Gasteiger partial charge in [-0.3, -0.25) is 9.59 Å². The molecule has 7 nitrogen and oxygen atoms in total. The quantitative estimate of drug-likeness (QED) is 0.803. The standard InChI is InChI=1S/C19H27N3O4/c1-13-16(14(2)26-20-13)18(24)22-7-6-19(12-22)5-3-4-15(19)17(23)21-8-10-25-11-9-21/h15H,3-12H2,1-2H3/t15-,19-/m1/s1. The van der Waals surface area contributed by atoms with Crippen LogP contribution in [0.3, 0.4) is 0 Å². The molecule has 1 saturated carbocycles. The first-order valence-corrected chi connectivity index (χ1v) is 9.60. The molecule has 1 spiro atoms. The topological polar surface area (TPSA) is 75.9 Å². The first-order chi connectivity index (χ1) is 12.5. The number of rotatable bonds is 2. The zero-order valence-corrected chi connectivity index (χ0v) is 15.6. The first-order valence-electron chi connectivity index (χ1n) is 9.60. The van der Waals surface area contributed by atoms with E-state index in [0.29, 0.717) is 56.4 Å². The number of amides is 2. The first kappa shape index (κ1) is 17.5. The molecule has 0 aromatic carbocycles. The van der Waals surface area contributed by atoms with Crippen molar-refractivity contribution in [1.29, 1.82) is 0 Å². The minimum atomic E-state index is -0.0655. The minimum Gasteiger partial charge on any atom is -0.378 e. The molecule has 2 aliphatic heterocycles. The van der Waals surface area contributed by atoms with E-state index in [9.17, 15) is 9.59 Å². The van der Waals surface area contributed by atoms with Crippen molar-refractivity contribution in [2.24, 2.45) is 11.3 Å². The average molecular weight is 361 g/mol. The second-order valence-electron chi connectivity index (χ2n) is 7.92. The van der Waals surface area contributed by atoms with Crippen LogP contribution in [0.1, 0.15) is 47.5 Å². The molecular formula is C19H27N3O4. The van der Waals surface area contributed by atoms with Gasteiger partial charge in [0.05, 0.1) is 18.9 Å². The Kier molecular flexibility index (Phi) is 4.50. The Hall–Kier alpha value is -1.89. The normalized spacial score (nSPS) is 28.9. The molecule has 2 saturated heterocycles. The summed E-state index contributed by atoms with van der Waals surface area (Å²) in [6.07, 6.45) is 3.93. The molecule has 4 rings (SSSR count). The van der Waals surface area contributed by atoms with E-state index in [2.05, 4.69) is 5.16 Å². The van der Waals surface area contributed by atoms with Gasteiger partial charge < -0.3 is 19.1 Å². The fourth-order valence-electron chi connectivity index (χ4n) is 5.03. The van der Waals surface area contributed by atoms with Gasteiger partial charge in [0.25, 0.3) is 5.91 Å². The third-order valence-corrected chi connectivity index (χ3v) is 6.45. The van der Waals surface area contributed by atoms with E-state index in [0.717, 1.165) is 25.7 Å². The van der Waals surface area contributed by atoms with Crippen LogP contribution < -0.4 is 0 Å². The molecule has 26 heavy (non-hydrogen) atoms. The molecule has 3 aliphatic rings.